The number of hydrogen-bond acceptors (Lipinski definition) is 6. The van der Waals surface area contributed by atoms with Gasteiger partial charge in [-0.2, -0.15) is 0 Å². The van der Waals surface area contributed by atoms with Gasteiger partial charge in [-0.1, -0.05) is 214 Å². The molecule has 0 aromatic rings. The minimum absolute atomic E-state index is 0.104. The van der Waals surface area contributed by atoms with Crippen LogP contribution in [0, 0.1) is 0 Å². The molecule has 6 nitrogen and oxygen atoms in total. The van der Waals surface area contributed by atoms with Gasteiger partial charge in [0.25, 0.3) is 0 Å². The zero-order valence-electron chi connectivity index (χ0n) is 37.0. The van der Waals surface area contributed by atoms with E-state index < -0.39 is 6.10 Å². The lowest BCUT2D eigenvalue weighted by atomic mass is 10.1. The van der Waals surface area contributed by atoms with Crippen molar-refractivity contribution in [3.05, 3.63) is 109 Å². The fourth-order valence-electron chi connectivity index (χ4n) is 5.77. The summed E-state index contributed by atoms with van der Waals surface area (Å²) in [5, 5.41) is 0. The summed E-state index contributed by atoms with van der Waals surface area (Å²) in [6, 6.07) is 0. The number of esters is 3. The van der Waals surface area contributed by atoms with Crippen molar-refractivity contribution in [1.29, 1.82) is 0 Å². The summed E-state index contributed by atoms with van der Waals surface area (Å²) < 4.78 is 16.6. The standard InChI is InChI=1S/C52H82O6/c1-4-7-10-13-16-19-21-23-24-25-26-27-29-30-33-36-39-42-45-51(54)57-48-49(47-56-50(53)44-41-38-35-32-18-15-12-9-6-3)58-52(55)46-43-40-37-34-31-28-22-20-17-14-11-8-5-2/h8,10-11,13-14,16-17,19-28,31,49H,4-7,9,12,15,18,29-30,32-48H2,1-3H3/b11-8-,13-10-,17-14-,19-16-,22-20-,23-21-,25-24-,27-26-,31-28-. The minimum atomic E-state index is -0.807. The predicted molar refractivity (Wildman–Crippen MR) is 247 cm³/mol. The molecule has 1 unspecified atom stereocenters. The van der Waals surface area contributed by atoms with Gasteiger partial charge in [-0.25, -0.2) is 0 Å². The van der Waals surface area contributed by atoms with E-state index in [0.717, 1.165) is 89.9 Å². The average Bonchev–Trinajstić information content (AvgIpc) is 3.22. The second-order valence-corrected chi connectivity index (χ2v) is 14.8. The smallest absolute Gasteiger partial charge is 0.306 e. The molecule has 0 bridgehead atoms. The van der Waals surface area contributed by atoms with E-state index in [1.165, 1.54) is 44.9 Å². The normalized spacial score (nSPS) is 13.1. The SMILES string of the molecule is CC\C=C/C=C\C=C/C=C\CCCCCC(=O)OC(COC(=O)CCCCCCC\C=C/C=C\C=C/C=C\C=C/CCC)COC(=O)CCCCCCCCCCC. The molecular formula is C52H82O6. The van der Waals surface area contributed by atoms with Crippen LogP contribution in [-0.4, -0.2) is 37.2 Å². The van der Waals surface area contributed by atoms with E-state index in [1.54, 1.807) is 0 Å². The van der Waals surface area contributed by atoms with Gasteiger partial charge >= 0.3 is 17.9 Å². The van der Waals surface area contributed by atoms with Gasteiger partial charge in [0.15, 0.2) is 6.10 Å². The number of carbonyl (C=O) groups is 3. The Bertz CT molecular complexity index is 1240. The van der Waals surface area contributed by atoms with E-state index in [0.29, 0.717) is 19.3 Å². The predicted octanol–water partition coefficient (Wildman–Crippen LogP) is 14.8. The zero-order chi connectivity index (χ0) is 42.3. The van der Waals surface area contributed by atoms with Crippen LogP contribution in [0.2, 0.25) is 0 Å². The number of carbonyl (C=O) groups excluding carboxylic acids is 3. The lowest BCUT2D eigenvalue weighted by Crippen LogP contribution is -2.30. The summed E-state index contributed by atoms with van der Waals surface area (Å²) in [6.45, 7) is 6.30. The first-order valence-electron chi connectivity index (χ1n) is 23.0. The summed E-state index contributed by atoms with van der Waals surface area (Å²) in [7, 11) is 0. The van der Waals surface area contributed by atoms with Crippen LogP contribution in [0.3, 0.4) is 0 Å². The van der Waals surface area contributed by atoms with E-state index >= 15 is 0 Å². The van der Waals surface area contributed by atoms with Gasteiger partial charge in [-0.05, 0) is 57.8 Å². The van der Waals surface area contributed by atoms with Crippen molar-refractivity contribution in [2.75, 3.05) is 13.2 Å². The highest BCUT2D eigenvalue weighted by Gasteiger charge is 2.19. The van der Waals surface area contributed by atoms with Crippen molar-refractivity contribution >= 4 is 17.9 Å². The molecule has 0 aromatic heterocycles. The van der Waals surface area contributed by atoms with Crippen LogP contribution in [0.15, 0.2) is 109 Å². The maximum atomic E-state index is 12.7. The van der Waals surface area contributed by atoms with Crippen molar-refractivity contribution in [2.45, 2.75) is 187 Å². The fraction of sp³-hybridized carbons (Fsp3) is 0.596. The number of ether oxygens (including phenoxy) is 3. The first kappa shape index (κ1) is 54.1. The van der Waals surface area contributed by atoms with Crippen molar-refractivity contribution in [3.8, 4) is 0 Å². The molecule has 0 aromatic carbocycles. The first-order chi connectivity index (χ1) is 28.5. The minimum Gasteiger partial charge on any atom is -0.462 e. The van der Waals surface area contributed by atoms with Gasteiger partial charge in [-0.3, -0.25) is 14.4 Å². The van der Waals surface area contributed by atoms with E-state index in [4.69, 9.17) is 14.2 Å². The van der Waals surface area contributed by atoms with Gasteiger partial charge in [-0.15, -0.1) is 0 Å². The number of rotatable bonds is 39. The van der Waals surface area contributed by atoms with E-state index in [2.05, 4.69) is 57.2 Å². The van der Waals surface area contributed by atoms with Gasteiger partial charge < -0.3 is 14.2 Å². The highest BCUT2D eigenvalue weighted by atomic mass is 16.6. The summed E-state index contributed by atoms with van der Waals surface area (Å²) in [5.74, 6) is -0.984. The molecule has 0 rings (SSSR count). The molecule has 1 atom stereocenters. The van der Waals surface area contributed by atoms with E-state index in [1.807, 2.05) is 72.9 Å². The van der Waals surface area contributed by atoms with Crippen LogP contribution >= 0.6 is 0 Å². The zero-order valence-corrected chi connectivity index (χ0v) is 37.0. The number of unbranched alkanes of at least 4 members (excludes halogenated alkanes) is 17. The molecule has 0 N–H and O–H groups in total. The third kappa shape index (κ3) is 43.2. The van der Waals surface area contributed by atoms with Crippen LogP contribution in [-0.2, 0) is 28.6 Å². The van der Waals surface area contributed by atoms with Gasteiger partial charge in [0.05, 0.1) is 0 Å². The Morgan fingerprint density at radius 2 is 0.707 bits per heavy atom. The summed E-state index contributed by atoms with van der Waals surface area (Å²) in [4.78, 5) is 37.7. The second kappa shape index (κ2) is 45.8. The van der Waals surface area contributed by atoms with Crippen LogP contribution in [0.25, 0.3) is 0 Å². The summed E-state index contributed by atoms with van der Waals surface area (Å²) >= 11 is 0. The molecular weight excluding hydrogens is 721 g/mol. The topological polar surface area (TPSA) is 78.9 Å². The lowest BCUT2D eigenvalue weighted by Gasteiger charge is -2.18. The first-order valence-corrected chi connectivity index (χ1v) is 23.0. The second-order valence-electron chi connectivity index (χ2n) is 14.8. The molecule has 0 aliphatic rings. The lowest BCUT2D eigenvalue weighted by molar-refractivity contribution is -0.167. The monoisotopic (exact) mass is 803 g/mol. The van der Waals surface area contributed by atoms with Crippen molar-refractivity contribution in [2.24, 2.45) is 0 Å². The summed E-state index contributed by atoms with van der Waals surface area (Å²) in [6.07, 6.45) is 60.7. The van der Waals surface area contributed by atoms with Gasteiger partial charge in [0, 0.05) is 19.3 Å². The highest BCUT2D eigenvalue weighted by Crippen LogP contribution is 2.13. The quantitative estimate of drug-likeness (QED) is 0.0267. The number of allylic oxidation sites excluding steroid dienone is 18. The van der Waals surface area contributed by atoms with E-state index in [-0.39, 0.29) is 37.5 Å². The molecule has 0 aliphatic heterocycles. The molecule has 0 amide bonds. The Balaban J connectivity index is 4.49. The van der Waals surface area contributed by atoms with Gasteiger partial charge in [0.2, 0.25) is 0 Å². The summed E-state index contributed by atoms with van der Waals surface area (Å²) in [5.41, 5.74) is 0. The van der Waals surface area contributed by atoms with Crippen molar-refractivity contribution < 1.29 is 28.6 Å². The van der Waals surface area contributed by atoms with Gasteiger partial charge in [0.1, 0.15) is 13.2 Å². The van der Waals surface area contributed by atoms with Crippen LogP contribution in [0.1, 0.15) is 181 Å². The molecule has 0 spiro atoms. The Labute approximate surface area is 355 Å². The molecule has 0 fully saturated rings. The Hall–Kier alpha value is -3.93. The Morgan fingerprint density at radius 3 is 1.14 bits per heavy atom. The Morgan fingerprint density at radius 1 is 0.362 bits per heavy atom. The molecule has 58 heavy (non-hydrogen) atoms. The molecule has 0 radical (unpaired) electrons. The molecule has 0 saturated carbocycles. The van der Waals surface area contributed by atoms with Crippen LogP contribution in [0.4, 0.5) is 0 Å². The largest absolute Gasteiger partial charge is 0.462 e. The molecule has 326 valence electrons. The molecule has 0 heterocycles. The van der Waals surface area contributed by atoms with E-state index in [9.17, 15) is 14.4 Å². The highest BCUT2D eigenvalue weighted by molar-refractivity contribution is 5.71. The third-order valence-electron chi connectivity index (χ3n) is 9.22. The maximum absolute atomic E-state index is 12.7. The third-order valence-corrected chi connectivity index (χ3v) is 9.22. The van der Waals surface area contributed by atoms with Crippen LogP contribution in [0.5, 0.6) is 0 Å². The number of hydrogen-bond donors (Lipinski definition) is 0. The molecule has 6 heteroatoms. The maximum Gasteiger partial charge on any atom is 0.306 e. The molecule has 0 aliphatic carbocycles. The average molecular weight is 803 g/mol. The fourth-order valence-corrected chi connectivity index (χ4v) is 5.77. The van der Waals surface area contributed by atoms with Crippen molar-refractivity contribution in [3.63, 3.8) is 0 Å². The molecule has 0 saturated heterocycles. The van der Waals surface area contributed by atoms with Crippen LogP contribution < -0.4 is 0 Å². The Kier molecular flexibility index (Phi) is 42.7. The van der Waals surface area contributed by atoms with Crippen molar-refractivity contribution in [1.82, 2.24) is 0 Å².